The number of nitrogens with two attached hydrogens (primary N) is 2. The highest BCUT2D eigenvalue weighted by Gasteiger charge is 2.12. The summed E-state index contributed by atoms with van der Waals surface area (Å²) < 4.78 is 10.9. The van der Waals surface area contributed by atoms with Crippen LogP contribution < -0.4 is 20.9 Å². The van der Waals surface area contributed by atoms with Crippen molar-refractivity contribution in [2.24, 2.45) is 10.2 Å². The molecule has 0 unspecified atom stereocenters. The van der Waals surface area contributed by atoms with E-state index in [0.717, 1.165) is 0 Å². The van der Waals surface area contributed by atoms with Crippen LogP contribution in [0.25, 0.3) is 0 Å². The van der Waals surface area contributed by atoms with Crippen molar-refractivity contribution >= 4 is 23.0 Å². The summed E-state index contributed by atoms with van der Waals surface area (Å²) in [5, 5.41) is 14.3. The molecule has 0 aliphatic carbocycles. The van der Waals surface area contributed by atoms with Gasteiger partial charge in [-0.2, -0.15) is 10.2 Å². The molecule has 8 nitrogen and oxygen atoms in total. The Morgan fingerprint density at radius 1 is 1.11 bits per heavy atom. The summed E-state index contributed by atoms with van der Waals surface area (Å²) in [4.78, 5) is 0. The van der Waals surface area contributed by atoms with Gasteiger partial charge in [0.2, 0.25) is 0 Å². The predicted molar refractivity (Wildman–Crippen MR) is 69.0 cm³/mol. The third-order valence-electron chi connectivity index (χ3n) is 2.59. The number of nitrogens with one attached hydrogen (secondary N) is 1. The van der Waals surface area contributed by atoms with Crippen molar-refractivity contribution in [2.75, 3.05) is 24.7 Å². The van der Waals surface area contributed by atoms with Gasteiger partial charge in [0, 0.05) is 6.07 Å². The molecule has 1 aromatic carbocycles. The van der Waals surface area contributed by atoms with Crippen LogP contribution in [-0.4, -0.2) is 23.4 Å². The Morgan fingerprint density at radius 3 is 2.63 bits per heavy atom. The SMILES string of the molecule is Nc1n[nH]c(N)c1N=Nc1ccc2c(c1)OCCO2. The molecule has 5 N–H and O–H groups in total. The number of rotatable bonds is 2. The lowest BCUT2D eigenvalue weighted by molar-refractivity contribution is 0.171. The number of H-pyrrole nitrogens is 1. The van der Waals surface area contributed by atoms with E-state index in [4.69, 9.17) is 20.9 Å². The Bertz CT molecular complexity index is 617. The van der Waals surface area contributed by atoms with E-state index >= 15 is 0 Å². The minimum absolute atomic E-state index is 0.207. The maximum atomic E-state index is 5.62. The Kier molecular flexibility index (Phi) is 2.67. The molecule has 2 heterocycles. The van der Waals surface area contributed by atoms with Crippen LogP contribution in [0.4, 0.5) is 23.0 Å². The first kappa shape index (κ1) is 11.3. The number of azo groups is 1. The van der Waals surface area contributed by atoms with Crippen molar-refractivity contribution in [3.63, 3.8) is 0 Å². The van der Waals surface area contributed by atoms with Gasteiger partial charge in [-0.05, 0) is 12.1 Å². The number of hydrogen-bond acceptors (Lipinski definition) is 7. The van der Waals surface area contributed by atoms with Gasteiger partial charge < -0.3 is 20.9 Å². The van der Waals surface area contributed by atoms with Crippen LogP contribution in [-0.2, 0) is 0 Å². The van der Waals surface area contributed by atoms with Crippen LogP contribution in [0.1, 0.15) is 0 Å². The van der Waals surface area contributed by atoms with Crippen molar-refractivity contribution < 1.29 is 9.47 Å². The molecule has 3 rings (SSSR count). The van der Waals surface area contributed by atoms with E-state index < -0.39 is 0 Å². The topological polar surface area (TPSA) is 124 Å². The zero-order chi connectivity index (χ0) is 13.2. The lowest BCUT2D eigenvalue weighted by atomic mass is 10.2. The fraction of sp³-hybridized carbons (Fsp3) is 0.182. The molecule has 0 radical (unpaired) electrons. The molecule has 8 heteroatoms. The second kappa shape index (κ2) is 4.48. The molecule has 0 fully saturated rings. The average Bonchev–Trinajstić information content (AvgIpc) is 2.76. The molecule has 1 aliphatic rings. The lowest BCUT2D eigenvalue weighted by Crippen LogP contribution is -2.14. The van der Waals surface area contributed by atoms with Crippen molar-refractivity contribution in [1.29, 1.82) is 0 Å². The summed E-state index contributed by atoms with van der Waals surface area (Å²) >= 11 is 0. The quantitative estimate of drug-likeness (QED) is 0.709. The van der Waals surface area contributed by atoms with Gasteiger partial charge in [0.05, 0.1) is 5.69 Å². The van der Waals surface area contributed by atoms with Gasteiger partial charge in [0.15, 0.2) is 23.0 Å². The van der Waals surface area contributed by atoms with Crippen molar-refractivity contribution in [1.82, 2.24) is 10.2 Å². The maximum Gasteiger partial charge on any atom is 0.175 e. The maximum absolute atomic E-state index is 5.62. The highest BCUT2D eigenvalue weighted by Crippen LogP contribution is 2.35. The van der Waals surface area contributed by atoms with E-state index in [1.54, 1.807) is 18.2 Å². The average molecular weight is 260 g/mol. The van der Waals surface area contributed by atoms with E-state index in [1.807, 2.05) is 0 Å². The lowest BCUT2D eigenvalue weighted by Gasteiger charge is -2.17. The van der Waals surface area contributed by atoms with Crippen molar-refractivity contribution in [2.45, 2.75) is 0 Å². The fourth-order valence-electron chi connectivity index (χ4n) is 1.67. The minimum atomic E-state index is 0.207. The Hall–Kier alpha value is -2.77. The summed E-state index contributed by atoms with van der Waals surface area (Å²) in [7, 11) is 0. The molecule has 0 atom stereocenters. The first-order valence-corrected chi connectivity index (χ1v) is 5.65. The number of nitrogen functional groups attached to an aromatic ring is 2. The number of fused-ring (bicyclic) bond motifs is 1. The molecule has 98 valence electrons. The van der Waals surface area contributed by atoms with E-state index in [2.05, 4.69) is 20.4 Å². The second-order valence-corrected chi connectivity index (χ2v) is 3.90. The van der Waals surface area contributed by atoms with Gasteiger partial charge in [0.1, 0.15) is 19.0 Å². The largest absolute Gasteiger partial charge is 0.486 e. The van der Waals surface area contributed by atoms with Crippen LogP contribution in [0.3, 0.4) is 0 Å². The highest BCUT2D eigenvalue weighted by atomic mass is 16.6. The van der Waals surface area contributed by atoms with E-state index in [9.17, 15) is 0 Å². The standard InChI is InChI=1S/C11H12N6O2/c12-10-9(11(13)17-16-10)15-14-6-1-2-7-8(5-6)19-4-3-18-7/h1-2,5H,3-4H2,(H5,12,13,16,17). The first-order valence-electron chi connectivity index (χ1n) is 5.65. The highest BCUT2D eigenvalue weighted by molar-refractivity contribution is 5.70. The van der Waals surface area contributed by atoms with E-state index in [1.165, 1.54) is 0 Å². The van der Waals surface area contributed by atoms with Crippen LogP contribution in [0.5, 0.6) is 11.5 Å². The molecule has 0 bridgehead atoms. The number of hydrogen-bond donors (Lipinski definition) is 3. The van der Waals surface area contributed by atoms with Gasteiger partial charge in [-0.25, -0.2) is 0 Å². The predicted octanol–water partition coefficient (Wildman–Crippen LogP) is 1.76. The van der Waals surface area contributed by atoms with E-state index in [-0.39, 0.29) is 11.6 Å². The fourth-order valence-corrected chi connectivity index (χ4v) is 1.67. The zero-order valence-electron chi connectivity index (χ0n) is 9.96. The monoisotopic (exact) mass is 260 g/mol. The van der Waals surface area contributed by atoms with Crippen LogP contribution in [0.2, 0.25) is 0 Å². The molecule has 1 aromatic heterocycles. The number of aromatic nitrogens is 2. The van der Waals surface area contributed by atoms with Gasteiger partial charge in [-0.15, -0.1) is 5.11 Å². The van der Waals surface area contributed by atoms with Crippen LogP contribution >= 0.6 is 0 Å². The number of aromatic amines is 1. The summed E-state index contributed by atoms with van der Waals surface area (Å²) in [5.74, 6) is 1.83. The Balaban J connectivity index is 1.87. The second-order valence-electron chi connectivity index (χ2n) is 3.90. The normalized spacial score (nSPS) is 13.9. The zero-order valence-corrected chi connectivity index (χ0v) is 9.96. The number of benzene rings is 1. The van der Waals surface area contributed by atoms with Gasteiger partial charge in [-0.3, -0.25) is 5.10 Å². The molecule has 2 aromatic rings. The summed E-state index contributed by atoms with van der Waals surface area (Å²) in [6, 6.07) is 5.29. The number of anilines is 2. The summed E-state index contributed by atoms with van der Waals surface area (Å²) in [6.45, 7) is 1.07. The van der Waals surface area contributed by atoms with Gasteiger partial charge >= 0.3 is 0 Å². The third-order valence-corrected chi connectivity index (χ3v) is 2.59. The van der Waals surface area contributed by atoms with Gasteiger partial charge in [-0.1, -0.05) is 0 Å². The molecule has 19 heavy (non-hydrogen) atoms. The van der Waals surface area contributed by atoms with Crippen molar-refractivity contribution in [3.8, 4) is 11.5 Å². The minimum Gasteiger partial charge on any atom is -0.486 e. The third kappa shape index (κ3) is 2.15. The van der Waals surface area contributed by atoms with Gasteiger partial charge in [0.25, 0.3) is 0 Å². The van der Waals surface area contributed by atoms with Crippen LogP contribution in [0.15, 0.2) is 28.4 Å². The molecular formula is C11H12N6O2. The molecule has 0 saturated heterocycles. The summed E-state index contributed by atoms with van der Waals surface area (Å²) in [5.41, 5.74) is 12.2. The number of nitrogens with zero attached hydrogens (tertiary/aromatic N) is 3. The molecule has 0 spiro atoms. The summed E-state index contributed by atoms with van der Waals surface area (Å²) in [6.07, 6.45) is 0. The Labute approximate surface area is 108 Å². The smallest absolute Gasteiger partial charge is 0.175 e. The van der Waals surface area contributed by atoms with Crippen LogP contribution in [0, 0.1) is 0 Å². The number of ether oxygens (including phenoxy) is 2. The first-order chi connectivity index (χ1) is 9.24. The molecular weight excluding hydrogens is 248 g/mol. The molecule has 0 amide bonds. The van der Waals surface area contributed by atoms with E-state index in [0.29, 0.717) is 36.1 Å². The Morgan fingerprint density at radius 2 is 1.89 bits per heavy atom. The molecule has 0 saturated carbocycles. The van der Waals surface area contributed by atoms with Crippen molar-refractivity contribution in [3.05, 3.63) is 18.2 Å². The molecule has 1 aliphatic heterocycles.